The van der Waals surface area contributed by atoms with Crippen LogP contribution in [0.25, 0.3) is 0 Å². The number of methoxy groups -OCH3 is 1. The molecule has 1 saturated heterocycles. The van der Waals surface area contributed by atoms with Gasteiger partial charge in [-0.1, -0.05) is 12.1 Å². The molecule has 6 heteroatoms. The van der Waals surface area contributed by atoms with Crippen molar-refractivity contribution in [2.24, 2.45) is 0 Å². The fourth-order valence-electron chi connectivity index (χ4n) is 3.05. The van der Waals surface area contributed by atoms with E-state index >= 15 is 0 Å². The summed E-state index contributed by atoms with van der Waals surface area (Å²) in [5.74, 6) is 0.953. The van der Waals surface area contributed by atoms with E-state index < -0.39 is 5.97 Å². The number of hydrogen-bond acceptors (Lipinski definition) is 6. The molecule has 28 heavy (non-hydrogen) atoms. The number of esters is 1. The molecule has 1 fully saturated rings. The molecule has 0 saturated carbocycles. The molecule has 0 radical (unpaired) electrons. The van der Waals surface area contributed by atoms with E-state index in [4.69, 9.17) is 14.2 Å². The number of ketones is 1. The Hall–Kier alpha value is -2.31. The minimum absolute atomic E-state index is 0.0356. The maximum absolute atomic E-state index is 12.7. The lowest BCUT2D eigenvalue weighted by Gasteiger charge is -2.13. The van der Waals surface area contributed by atoms with Gasteiger partial charge in [-0.3, -0.25) is 4.79 Å². The predicted molar refractivity (Wildman–Crippen MR) is 108 cm³/mol. The topological polar surface area (TPSA) is 61.8 Å². The molecule has 1 heterocycles. The summed E-state index contributed by atoms with van der Waals surface area (Å²) < 4.78 is 16.5. The molecular formula is C22H24O5S. The second-order valence-electron chi connectivity index (χ2n) is 6.60. The summed E-state index contributed by atoms with van der Waals surface area (Å²) >= 11 is 1.61. The van der Waals surface area contributed by atoms with Gasteiger partial charge in [0.2, 0.25) is 0 Å². The lowest BCUT2D eigenvalue weighted by molar-refractivity contribution is 0.0466. The van der Waals surface area contributed by atoms with Crippen molar-refractivity contribution in [2.75, 3.05) is 19.5 Å². The van der Waals surface area contributed by atoms with Crippen molar-refractivity contribution in [3.63, 3.8) is 0 Å². The molecule has 0 unspecified atom stereocenters. The summed E-state index contributed by atoms with van der Waals surface area (Å²) in [6.45, 7) is 2.35. The van der Waals surface area contributed by atoms with Gasteiger partial charge in [0.15, 0.2) is 5.78 Å². The van der Waals surface area contributed by atoms with Crippen LogP contribution in [0.1, 0.15) is 46.0 Å². The van der Waals surface area contributed by atoms with Crippen molar-refractivity contribution < 1.29 is 23.8 Å². The van der Waals surface area contributed by atoms with Crippen molar-refractivity contribution in [2.45, 2.75) is 37.4 Å². The number of carbonyl (C=O) groups is 2. The minimum Gasteiger partial charge on any atom is -0.496 e. The van der Waals surface area contributed by atoms with Crippen LogP contribution in [-0.2, 0) is 16.1 Å². The summed E-state index contributed by atoms with van der Waals surface area (Å²) in [7, 11) is 1.55. The van der Waals surface area contributed by atoms with E-state index in [1.54, 1.807) is 43.1 Å². The zero-order valence-electron chi connectivity index (χ0n) is 16.1. The van der Waals surface area contributed by atoms with Crippen LogP contribution < -0.4 is 4.74 Å². The van der Waals surface area contributed by atoms with Gasteiger partial charge in [-0.25, -0.2) is 4.79 Å². The highest BCUT2D eigenvalue weighted by atomic mass is 32.2. The normalized spacial score (nSPS) is 16.0. The molecule has 148 valence electrons. The summed E-state index contributed by atoms with van der Waals surface area (Å²) in [5.41, 5.74) is 1.75. The molecule has 0 aromatic heterocycles. The Bertz CT molecular complexity index is 843. The van der Waals surface area contributed by atoms with E-state index in [1.165, 1.54) is 6.92 Å². The molecule has 1 aliphatic rings. The first-order valence-electron chi connectivity index (χ1n) is 9.27. The van der Waals surface area contributed by atoms with Gasteiger partial charge in [-0.2, -0.15) is 0 Å². The highest BCUT2D eigenvalue weighted by molar-refractivity contribution is 7.99. The Morgan fingerprint density at radius 2 is 2.04 bits per heavy atom. The van der Waals surface area contributed by atoms with Gasteiger partial charge in [0.25, 0.3) is 0 Å². The average Bonchev–Trinajstić information content (AvgIpc) is 3.24. The number of hydrogen-bond donors (Lipinski definition) is 0. The molecular weight excluding hydrogens is 376 g/mol. The summed E-state index contributed by atoms with van der Waals surface area (Å²) in [6.07, 6.45) is 2.40. The molecule has 0 bridgehead atoms. The quantitative estimate of drug-likeness (QED) is 0.369. The highest BCUT2D eigenvalue weighted by Gasteiger charge is 2.19. The van der Waals surface area contributed by atoms with Gasteiger partial charge in [0.1, 0.15) is 12.4 Å². The maximum Gasteiger partial charge on any atom is 0.339 e. The van der Waals surface area contributed by atoms with Crippen molar-refractivity contribution >= 4 is 23.5 Å². The first kappa shape index (κ1) is 20.4. The monoisotopic (exact) mass is 400 g/mol. The number of ether oxygens (including phenoxy) is 3. The summed E-state index contributed by atoms with van der Waals surface area (Å²) in [6, 6.07) is 12.5. The van der Waals surface area contributed by atoms with Gasteiger partial charge < -0.3 is 14.2 Å². The first-order valence-corrected chi connectivity index (χ1v) is 10.3. The number of Topliss-reactive ketones (excluding diaryl/α,β-unsaturated/α-hetero) is 1. The number of thioether (sulfide) groups is 1. The van der Waals surface area contributed by atoms with Crippen LogP contribution in [0.5, 0.6) is 5.75 Å². The third-order valence-electron chi connectivity index (χ3n) is 4.60. The summed E-state index contributed by atoms with van der Waals surface area (Å²) in [5, 5.41) is 0. The minimum atomic E-state index is -0.397. The van der Waals surface area contributed by atoms with E-state index in [9.17, 15) is 9.59 Å². The van der Waals surface area contributed by atoms with Gasteiger partial charge in [-0.05, 0) is 50.1 Å². The van der Waals surface area contributed by atoms with Crippen molar-refractivity contribution in [1.29, 1.82) is 0 Å². The highest BCUT2D eigenvalue weighted by Crippen LogP contribution is 2.28. The van der Waals surface area contributed by atoms with E-state index in [0.29, 0.717) is 22.4 Å². The maximum atomic E-state index is 12.7. The molecule has 1 aliphatic heterocycles. The van der Waals surface area contributed by atoms with Crippen molar-refractivity contribution in [1.82, 2.24) is 0 Å². The summed E-state index contributed by atoms with van der Waals surface area (Å²) in [4.78, 5) is 25.2. The van der Waals surface area contributed by atoms with Crippen LogP contribution in [0, 0.1) is 0 Å². The predicted octanol–water partition coefficient (Wildman–Crippen LogP) is 4.53. The van der Waals surface area contributed by atoms with Crippen LogP contribution in [-0.4, -0.2) is 37.3 Å². The van der Waals surface area contributed by atoms with Crippen LogP contribution in [0.15, 0.2) is 47.4 Å². The van der Waals surface area contributed by atoms with Gasteiger partial charge in [0, 0.05) is 28.4 Å². The first-order chi connectivity index (χ1) is 13.6. The molecule has 0 spiro atoms. The van der Waals surface area contributed by atoms with Gasteiger partial charge >= 0.3 is 5.97 Å². The number of carbonyl (C=O) groups excluding carboxylic acids is 2. The van der Waals surface area contributed by atoms with E-state index in [1.807, 2.05) is 18.2 Å². The van der Waals surface area contributed by atoms with Gasteiger partial charge in [-0.15, -0.1) is 11.8 Å². The zero-order chi connectivity index (χ0) is 19.9. The van der Waals surface area contributed by atoms with Crippen molar-refractivity contribution in [3.05, 3.63) is 59.2 Å². The number of rotatable bonds is 8. The van der Waals surface area contributed by atoms with E-state index in [-0.39, 0.29) is 18.5 Å². The molecule has 1 atom stereocenters. The molecule has 0 aliphatic carbocycles. The molecule has 3 rings (SSSR count). The molecule has 0 amide bonds. The van der Waals surface area contributed by atoms with Crippen LogP contribution in [0.4, 0.5) is 0 Å². The van der Waals surface area contributed by atoms with Crippen molar-refractivity contribution in [3.8, 4) is 5.75 Å². The lowest BCUT2D eigenvalue weighted by atomic mass is 10.1. The SMILES string of the molecule is COc1ccc(C(C)=O)cc1COC(=O)c1ccccc1SC[C@H]1CCCO1. The second-order valence-corrected chi connectivity index (χ2v) is 7.66. The number of benzene rings is 2. The van der Waals surface area contributed by atoms with Crippen LogP contribution in [0.3, 0.4) is 0 Å². The fraction of sp³-hybridized carbons (Fsp3) is 0.364. The Morgan fingerprint density at radius 1 is 1.21 bits per heavy atom. The third-order valence-corrected chi connectivity index (χ3v) is 5.81. The Balaban J connectivity index is 1.68. The Morgan fingerprint density at radius 3 is 2.75 bits per heavy atom. The Labute approximate surface area is 169 Å². The largest absolute Gasteiger partial charge is 0.496 e. The molecule has 2 aromatic rings. The molecule has 0 N–H and O–H groups in total. The third kappa shape index (κ3) is 5.14. The smallest absolute Gasteiger partial charge is 0.339 e. The second kappa shape index (κ2) is 9.75. The van der Waals surface area contributed by atoms with E-state index in [0.717, 1.165) is 30.1 Å². The molecule has 2 aromatic carbocycles. The van der Waals surface area contributed by atoms with Gasteiger partial charge in [0.05, 0.1) is 18.8 Å². The van der Waals surface area contributed by atoms with Crippen LogP contribution in [0.2, 0.25) is 0 Å². The average molecular weight is 400 g/mol. The van der Waals surface area contributed by atoms with Crippen LogP contribution >= 0.6 is 11.8 Å². The lowest BCUT2D eigenvalue weighted by Crippen LogP contribution is -2.10. The van der Waals surface area contributed by atoms with E-state index in [2.05, 4.69) is 0 Å². The Kier molecular flexibility index (Phi) is 7.12. The molecule has 5 nitrogen and oxygen atoms in total. The standard InChI is InChI=1S/C22H24O5S/c1-15(23)16-9-10-20(25-2)17(12-16)13-27-22(24)19-7-3-4-8-21(19)28-14-18-6-5-11-26-18/h3-4,7-10,12,18H,5-6,11,13-14H2,1-2H3/t18-/m1/s1. The zero-order valence-corrected chi connectivity index (χ0v) is 16.9. The fourth-order valence-corrected chi connectivity index (χ4v) is 4.16.